The molecule has 0 aliphatic carbocycles. The molecule has 0 aromatic heterocycles. The summed E-state index contributed by atoms with van der Waals surface area (Å²) in [6.45, 7) is 4.16. The molecule has 0 aliphatic heterocycles. The molecule has 0 atom stereocenters. The van der Waals surface area contributed by atoms with Crippen LogP contribution in [0.5, 0.6) is 0 Å². The van der Waals surface area contributed by atoms with E-state index in [1.807, 2.05) is 6.92 Å². The van der Waals surface area contributed by atoms with Gasteiger partial charge in [0.05, 0.1) is 0 Å². The molecule has 0 saturated heterocycles. The normalized spacial score (nSPS) is 8.33. The van der Waals surface area contributed by atoms with Crippen LogP contribution in [0.1, 0.15) is 21.7 Å². The van der Waals surface area contributed by atoms with Gasteiger partial charge in [-0.2, -0.15) is 0 Å². The minimum absolute atomic E-state index is 0. The average Bonchev–Trinajstić information content (AvgIpc) is 1.41. The first-order chi connectivity index (χ1) is 2.41. The standard InChI is InChI=1S/C5H10.Li.H/c1-3-5-4-2;;/h3,5H,4H2,1-2H3;;/q;+1;-1. The van der Waals surface area contributed by atoms with Crippen molar-refractivity contribution >= 4 is 0 Å². The molecule has 0 aromatic rings. The van der Waals surface area contributed by atoms with Gasteiger partial charge in [0.1, 0.15) is 0 Å². The molecule has 6 heavy (non-hydrogen) atoms. The van der Waals surface area contributed by atoms with Gasteiger partial charge in [-0.05, 0) is 13.3 Å². The van der Waals surface area contributed by atoms with Crippen molar-refractivity contribution in [3.8, 4) is 0 Å². The summed E-state index contributed by atoms with van der Waals surface area (Å²) >= 11 is 0. The van der Waals surface area contributed by atoms with Crippen LogP contribution in [0.4, 0.5) is 0 Å². The second-order valence-electron chi connectivity index (χ2n) is 0.977. The Hall–Kier alpha value is 0.337. The molecular weight excluding hydrogens is 67.0 g/mol. The Balaban J connectivity index is -0.0000000800. The van der Waals surface area contributed by atoms with Gasteiger partial charge in [-0.3, -0.25) is 0 Å². The maximum atomic E-state index is 2.12. The van der Waals surface area contributed by atoms with Gasteiger partial charge in [0.25, 0.3) is 0 Å². The Morgan fingerprint density at radius 3 is 2.17 bits per heavy atom. The Morgan fingerprint density at radius 2 is 2.17 bits per heavy atom. The quantitative estimate of drug-likeness (QED) is 0.281. The van der Waals surface area contributed by atoms with E-state index in [1.54, 1.807) is 0 Å². The van der Waals surface area contributed by atoms with Gasteiger partial charge in [-0.1, -0.05) is 19.1 Å². The van der Waals surface area contributed by atoms with Gasteiger partial charge in [-0.25, -0.2) is 0 Å². The van der Waals surface area contributed by atoms with Crippen LogP contribution in [0.15, 0.2) is 12.2 Å². The monoisotopic (exact) mass is 78.1 g/mol. The summed E-state index contributed by atoms with van der Waals surface area (Å²) in [5, 5.41) is 0. The fourth-order valence-corrected chi connectivity index (χ4v) is 0.236. The third-order valence-electron chi connectivity index (χ3n) is 0.471. The Morgan fingerprint density at radius 1 is 1.67 bits per heavy atom. The summed E-state index contributed by atoms with van der Waals surface area (Å²) in [5.74, 6) is 0. The molecule has 0 fully saturated rings. The van der Waals surface area contributed by atoms with Crippen molar-refractivity contribution in [2.24, 2.45) is 0 Å². The van der Waals surface area contributed by atoms with Crippen LogP contribution >= 0.6 is 0 Å². The summed E-state index contributed by atoms with van der Waals surface area (Å²) in [6, 6.07) is 0. The Kier molecular flexibility index (Phi) is 14.4. The van der Waals surface area contributed by atoms with Crippen molar-refractivity contribution < 1.29 is 20.3 Å². The zero-order valence-corrected chi connectivity index (χ0v) is 4.86. The van der Waals surface area contributed by atoms with Crippen molar-refractivity contribution in [1.29, 1.82) is 0 Å². The van der Waals surface area contributed by atoms with Crippen molar-refractivity contribution in [3.63, 3.8) is 0 Å². The second kappa shape index (κ2) is 9.02. The Labute approximate surface area is 53.3 Å². The van der Waals surface area contributed by atoms with Gasteiger partial charge in [-0.15, -0.1) is 0 Å². The van der Waals surface area contributed by atoms with E-state index in [9.17, 15) is 0 Å². The van der Waals surface area contributed by atoms with Crippen LogP contribution < -0.4 is 18.9 Å². The van der Waals surface area contributed by atoms with Gasteiger partial charge in [0, 0.05) is 0 Å². The average molecular weight is 78.1 g/mol. The molecule has 0 amide bonds. The topological polar surface area (TPSA) is 0 Å². The van der Waals surface area contributed by atoms with Crippen molar-refractivity contribution in [1.82, 2.24) is 0 Å². The molecule has 0 spiro atoms. The zero-order chi connectivity index (χ0) is 4.12. The SMILES string of the molecule is CC=CCC.[H-].[Li+]. The first kappa shape index (κ1) is 9.60. The van der Waals surface area contributed by atoms with E-state index in [0.29, 0.717) is 0 Å². The van der Waals surface area contributed by atoms with Crippen LogP contribution in [0.2, 0.25) is 0 Å². The molecule has 0 saturated carbocycles. The van der Waals surface area contributed by atoms with Crippen LogP contribution in [0, 0.1) is 0 Å². The largest absolute Gasteiger partial charge is 1.00 e. The molecule has 0 nitrogen and oxygen atoms in total. The van der Waals surface area contributed by atoms with Gasteiger partial charge < -0.3 is 1.43 Å². The van der Waals surface area contributed by atoms with Crippen molar-refractivity contribution in [3.05, 3.63) is 12.2 Å². The third-order valence-corrected chi connectivity index (χ3v) is 0.471. The summed E-state index contributed by atoms with van der Waals surface area (Å²) < 4.78 is 0. The van der Waals surface area contributed by atoms with Crippen molar-refractivity contribution in [2.75, 3.05) is 0 Å². The molecule has 0 N–H and O–H groups in total. The van der Waals surface area contributed by atoms with E-state index in [1.165, 1.54) is 0 Å². The van der Waals surface area contributed by atoms with E-state index >= 15 is 0 Å². The maximum Gasteiger partial charge on any atom is 1.00 e. The smallest absolute Gasteiger partial charge is 1.00 e. The predicted molar refractivity (Wildman–Crippen MR) is 26.2 cm³/mol. The summed E-state index contributed by atoms with van der Waals surface area (Å²) in [5.41, 5.74) is 0. The van der Waals surface area contributed by atoms with Crippen LogP contribution in [0.3, 0.4) is 0 Å². The van der Waals surface area contributed by atoms with E-state index in [0.717, 1.165) is 6.42 Å². The number of allylic oxidation sites excluding steroid dienone is 2. The van der Waals surface area contributed by atoms with Crippen LogP contribution in [0.25, 0.3) is 0 Å². The fourth-order valence-electron chi connectivity index (χ4n) is 0.236. The Bertz CT molecular complexity index is 35.1. The first-order valence-corrected chi connectivity index (χ1v) is 2.03. The molecule has 0 aromatic carbocycles. The molecular formula is C5H11Li. The predicted octanol–water partition coefficient (Wildman–Crippen LogP) is -0.911. The van der Waals surface area contributed by atoms with E-state index in [2.05, 4.69) is 19.1 Å². The molecule has 0 rings (SSSR count). The minimum atomic E-state index is 0. The first-order valence-electron chi connectivity index (χ1n) is 2.03. The summed E-state index contributed by atoms with van der Waals surface area (Å²) in [6.07, 6.45) is 5.34. The number of hydrogen-bond donors (Lipinski definition) is 0. The molecule has 0 unspecified atom stereocenters. The summed E-state index contributed by atoms with van der Waals surface area (Å²) in [7, 11) is 0. The third kappa shape index (κ3) is 8.84. The maximum absolute atomic E-state index is 2.12. The minimum Gasteiger partial charge on any atom is -1.00 e. The van der Waals surface area contributed by atoms with Crippen molar-refractivity contribution in [2.45, 2.75) is 20.3 Å². The second-order valence-corrected chi connectivity index (χ2v) is 0.977. The van der Waals surface area contributed by atoms with Crippen LogP contribution in [-0.4, -0.2) is 0 Å². The number of hydrogen-bond acceptors (Lipinski definition) is 0. The molecule has 0 heterocycles. The summed E-state index contributed by atoms with van der Waals surface area (Å²) in [4.78, 5) is 0. The van der Waals surface area contributed by atoms with Gasteiger partial charge in [0.15, 0.2) is 0 Å². The fraction of sp³-hybridized carbons (Fsp3) is 0.600. The van der Waals surface area contributed by atoms with E-state index in [4.69, 9.17) is 0 Å². The zero-order valence-electron chi connectivity index (χ0n) is 5.86. The molecule has 1 heteroatoms. The molecule has 32 valence electrons. The van der Waals surface area contributed by atoms with Gasteiger partial charge >= 0.3 is 18.9 Å². The van der Waals surface area contributed by atoms with E-state index in [-0.39, 0.29) is 20.3 Å². The number of rotatable bonds is 1. The van der Waals surface area contributed by atoms with Gasteiger partial charge in [0.2, 0.25) is 0 Å². The molecule has 0 aliphatic rings. The molecule has 0 radical (unpaired) electrons. The van der Waals surface area contributed by atoms with Crippen LogP contribution in [-0.2, 0) is 0 Å². The van der Waals surface area contributed by atoms with E-state index < -0.39 is 0 Å². The molecule has 0 bridgehead atoms.